The molecule has 1 aliphatic rings. The van der Waals surface area contributed by atoms with Gasteiger partial charge in [-0.1, -0.05) is 6.92 Å². The van der Waals surface area contributed by atoms with Crippen LogP contribution >= 0.6 is 11.3 Å². The highest BCUT2D eigenvalue weighted by molar-refractivity contribution is 7.09. The van der Waals surface area contributed by atoms with E-state index in [-0.39, 0.29) is 0 Å². The Morgan fingerprint density at radius 3 is 3.17 bits per heavy atom. The van der Waals surface area contributed by atoms with E-state index in [0.717, 1.165) is 29.9 Å². The van der Waals surface area contributed by atoms with Gasteiger partial charge in [0, 0.05) is 11.9 Å². The van der Waals surface area contributed by atoms with Gasteiger partial charge in [-0.2, -0.15) is 0 Å². The molecule has 2 N–H and O–H groups in total. The van der Waals surface area contributed by atoms with Crippen molar-refractivity contribution in [2.75, 3.05) is 19.6 Å². The number of nitrogens with zero attached hydrogens (tertiary/aromatic N) is 1. The summed E-state index contributed by atoms with van der Waals surface area (Å²) in [5.74, 6) is 1.70. The Labute approximate surface area is 114 Å². The van der Waals surface area contributed by atoms with Crippen LogP contribution in [0.3, 0.4) is 0 Å². The van der Waals surface area contributed by atoms with Crippen molar-refractivity contribution in [3.63, 3.8) is 0 Å². The van der Waals surface area contributed by atoms with Crippen molar-refractivity contribution >= 4 is 11.3 Å². The highest BCUT2D eigenvalue weighted by Crippen LogP contribution is 2.21. The van der Waals surface area contributed by atoms with E-state index in [4.69, 9.17) is 0 Å². The van der Waals surface area contributed by atoms with Crippen molar-refractivity contribution in [3.05, 3.63) is 16.1 Å². The second-order valence-corrected chi connectivity index (χ2v) is 6.47. The fourth-order valence-electron chi connectivity index (χ4n) is 2.64. The molecular formula is C14H25N3S. The first kappa shape index (κ1) is 14.0. The minimum absolute atomic E-state index is 0.822. The molecule has 2 rings (SSSR count). The van der Waals surface area contributed by atoms with Crippen LogP contribution in [0.4, 0.5) is 0 Å². The van der Waals surface area contributed by atoms with Gasteiger partial charge in [-0.15, -0.1) is 11.3 Å². The van der Waals surface area contributed by atoms with Crippen LogP contribution < -0.4 is 10.6 Å². The summed E-state index contributed by atoms with van der Waals surface area (Å²) in [7, 11) is 0. The second kappa shape index (κ2) is 7.22. The van der Waals surface area contributed by atoms with E-state index in [9.17, 15) is 0 Å². The van der Waals surface area contributed by atoms with Crippen molar-refractivity contribution in [2.45, 2.75) is 39.7 Å². The summed E-state index contributed by atoms with van der Waals surface area (Å²) in [5, 5.41) is 10.3. The predicted molar refractivity (Wildman–Crippen MR) is 77.9 cm³/mol. The van der Waals surface area contributed by atoms with E-state index in [0.29, 0.717) is 0 Å². The molecule has 3 nitrogen and oxygen atoms in total. The standard InChI is InChI=1S/C14H25N3S/c1-11(13-4-3-6-15-8-13)5-7-16-9-14-10-18-12(2)17-14/h10-11,13,15-16H,3-9H2,1-2H3. The minimum Gasteiger partial charge on any atom is -0.316 e. The van der Waals surface area contributed by atoms with Crippen LogP contribution in [0.5, 0.6) is 0 Å². The number of hydrogen-bond donors (Lipinski definition) is 2. The zero-order chi connectivity index (χ0) is 12.8. The van der Waals surface area contributed by atoms with Crippen molar-refractivity contribution in [3.8, 4) is 0 Å². The van der Waals surface area contributed by atoms with Crippen LogP contribution in [0.2, 0.25) is 0 Å². The maximum Gasteiger partial charge on any atom is 0.0897 e. The van der Waals surface area contributed by atoms with Crippen LogP contribution in [0.1, 0.15) is 36.9 Å². The molecule has 0 saturated carbocycles. The Hall–Kier alpha value is -0.450. The Balaban J connectivity index is 1.59. The molecule has 0 aliphatic carbocycles. The van der Waals surface area contributed by atoms with Gasteiger partial charge in [0.05, 0.1) is 10.7 Å². The highest BCUT2D eigenvalue weighted by atomic mass is 32.1. The summed E-state index contributed by atoms with van der Waals surface area (Å²) >= 11 is 1.73. The normalized spacial score (nSPS) is 22.0. The Morgan fingerprint density at radius 1 is 1.61 bits per heavy atom. The topological polar surface area (TPSA) is 37.0 Å². The monoisotopic (exact) mass is 267 g/mol. The predicted octanol–water partition coefficient (Wildman–Crippen LogP) is 2.57. The molecule has 0 amide bonds. The molecule has 1 fully saturated rings. The van der Waals surface area contributed by atoms with E-state index < -0.39 is 0 Å². The lowest BCUT2D eigenvalue weighted by atomic mass is 9.85. The zero-order valence-electron chi connectivity index (χ0n) is 11.5. The molecule has 18 heavy (non-hydrogen) atoms. The molecule has 0 radical (unpaired) electrons. The summed E-state index contributed by atoms with van der Waals surface area (Å²) in [6, 6.07) is 0. The third-order valence-electron chi connectivity index (χ3n) is 3.89. The third-order valence-corrected chi connectivity index (χ3v) is 4.71. The van der Waals surface area contributed by atoms with Crippen LogP contribution in [0.25, 0.3) is 0 Å². The zero-order valence-corrected chi connectivity index (χ0v) is 12.4. The number of piperidine rings is 1. The quantitative estimate of drug-likeness (QED) is 0.778. The minimum atomic E-state index is 0.822. The molecule has 0 aromatic carbocycles. The largest absolute Gasteiger partial charge is 0.316 e. The highest BCUT2D eigenvalue weighted by Gasteiger charge is 2.19. The van der Waals surface area contributed by atoms with Crippen LogP contribution in [0.15, 0.2) is 5.38 Å². The lowest BCUT2D eigenvalue weighted by molar-refractivity contribution is 0.266. The number of hydrogen-bond acceptors (Lipinski definition) is 4. The molecule has 1 aliphatic heterocycles. The third kappa shape index (κ3) is 4.34. The van der Waals surface area contributed by atoms with Crippen molar-refractivity contribution in [2.24, 2.45) is 11.8 Å². The summed E-state index contributed by atoms with van der Waals surface area (Å²) in [6.07, 6.45) is 4.02. The number of thiazole rings is 1. The second-order valence-electron chi connectivity index (χ2n) is 5.41. The average molecular weight is 267 g/mol. The summed E-state index contributed by atoms with van der Waals surface area (Å²) < 4.78 is 0. The van der Waals surface area contributed by atoms with Gasteiger partial charge in [-0.3, -0.25) is 0 Å². The molecule has 1 saturated heterocycles. The fourth-order valence-corrected chi connectivity index (χ4v) is 3.25. The van der Waals surface area contributed by atoms with E-state index in [1.54, 1.807) is 11.3 Å². The lowest BCUT2D eigenvalue weighted by Crippen LogP contribution is -2.34. The summed E-state index contributed by atoms with van der Waals surface area (Å²) in [6.45, 7) is 8.91. The molecule has 0 spiro atoms. The van der Waals surface area contributed by atoms with Crippen molar-refractivity contribution in [1.29, 1.82) is 0 Å². The van der Waals surface area contributed by atoms with Gasteiger partial charge >= 0.3 is 0 Å². The Morgan fingerprint density at radius 2 is 2.50 bits per heavy atom. The lowest BCUT2D eigenvalue weighted by Gasteiger charge is -2.28. The van der Waals surface area contributed by atoms with Crippen LogP contribution in [-0.4, -0.2) is 24.6 Å². The number of rotatable bonds is 6. The van der Waals surface area contributed by atoms with Crippen LogP contribution in [0, 0.1) is 18.8 Å². The Bertz CT molecular complexity index is 345. The first-order chi connectivity index (χ1) is 8.75. The van der Waals surface area contributed by atoms with Crippen molar-refractivity contribution < 1.29 is 0 Å². The SMILES string of the molecule is Cc1nc(CNCCC(C)C2CCCNC2)cs1. The first-order valence-electron chi connectivity index (χ1n) is 7.08. The molecule has 1 aromatic heterocycles. The van der Waals surface area contributed by atoms with E-state index in [1.165, 1.54) is 38.0 Å². The number of nitrogens with one attached hydrogen (secondary N) is 2. The molecule has 102 valence electrons. The van der Waals surface area contributed by atoms with E-state index in [2.05, 4.69) is 34.8 Å². The van der Waals surface area contributed by atoms with Gasteiger partial charge in [0.15, 0.2) is 0 Å². The molecule has 2 heterocycles. The van der Waals surface area contributed by atoms with Gasteiger partial charge in [-0.25, -0.2) is 4.98 Å². The van der Waals surface area contributed by atoms with Crippen LogP contribution in [-0.2, 0) is 6.54 Å². The molecule has 2 unspecified atom stereocenters. The van der Waals surface area contributed by atoms with Gasteiger partial charge in [-0.05, 0) is 57.7 Å². The van der Waals surface area contributed by atoms with Gasteiger partial charge in [0.1, 0.15) is 0 Å². The van der Waals surface area contributed by atoms with Crippen molar-refractivity contribution in [1.82, 2.24) is 15.6 Å². The molecule has 1 aromatic rings. The van der Waals surface area contributed by atoms with Gasteiger partial charge in [0.2, 0.25) is 0 Å². The number of aromatic nitrogens is 1. The average Bonchev–Trinajstić information content (AvgIpc) is 2.81. The summed E-state index contributed by atoms with van der Waals surface area (Å²) in [5.41, 5.74) is 1.18. The fraction of sp³-hybridized carbons (Fsp3) is 0.786. The Kier molecular flexibility index (Phi) is 5.60. The maximum absolute atomic E-state index is 4.46. The number of aryl methyl sites for hydroxylation is 1. The van der Waals surface area contributed by atoms with Gasteiger partial charge < -0.3 is 10.6 Å². The van der Waals surface area contributed by atoms with E-state index >= 15 is 0 Å². The molecule has 2 atom stereocenters. The molecular weight excluding hydrogens is 242 g/mol. The molecule has 0 bridgehead atoms. The summed E-state index contributed by atoms with van der Waals surface area (Å²) in [4.78, 5) is 4.46. The van der Waals surface area contributed by atoms with E-state index in [1.807, 2.05) is 0 Å². The first-order valence-corrected chi connectivity index (χ1v) is 7.96. The van der Waals surface area contributed by atoms with Gasteiger partial charge in [0.25, 0.3) is 0 Å². The molecule has 4 heteroatoms. The smallest absolute Gasteiger partial charge is 0.0897 e. The maximum atomic E-state index is 4.46.